The lowest BCUT2D eigenvalue weighted by molar-refractivity contribution is -0.922. The predicted octanol–water partition coefficient (Wildman–Crippen LogP) is 2.61. The number of thiophene rings is 1. The van der Waals surface area contributed by atoms with Crippen LogP contribution in [0, 0.1) is 19.7 Å². The molecule has 0 saturated carbocycles. The van der Waals surface area contributed by atoms with E-state index in [-0.39, 0.29) is 5.82 Å². The zero-order valence-electron chi connectivity index (χ0n) is 14.9. The third-order valence-electron chi connectivity index (χ3n) is 4.77. The van der Waals surface area contributed by atoms with Crippen LogP contribution < -0.4 is 10.2 Å². The van der Waals surface area contributed by atoms with Crippen molar-refractivity contribution < 1.29 is 14.0 Å². The molecule has 0 spiro atoms. The fourth-order valence-corrected chi connectivity index (χ4v) is 4.27. The van der Waals surface area contributed by atoms with E-state index in [9.17, 15) is 4.39 Å². The molecule has 2 N–H and O–H groups in total. The molecule has 0 atom stereocenters. The number of morpholine rings is 1. The maximum atomic E-state index is 13.6. The van der Waals surface area contributed by atoms with Crippen LogP contribution in [0.15, 0.2) is 24.3 Å². The van der Waals surface area contributed by atoms with E-state index in [0.29, 0.717) is 5.69 Å². The van der Waals surface area contributed by atoms with E-state index in [1.807, 2.05) is 6.07 Å². The molecule has 3 heterocycles. The number of benzene rings is 1. The minimum atomic E-state index is -0.267. The Labute approximate surface area is 155 Å². The molecule has 0 radical (unpaired) electrons. The number of nitrogens with one attached hydrogen (secondary N) is 2. The summed E-state index contributed by atoms with van der Waals surface area (Å²) in [4.78, 5) is 13.2. The van der Waals surface area contributed by atoms with Crippen LogP contribution in [0.25, 0.3) is 10.2 Å². The van der Waals surface area contributed by atoms with Crippen molar-refractivity contribution in [3.63, 3.8) is 0 Å². The van der Waals surface area contributed by atoms with Crippen LogP contribution >= 0.6 is 11.3 Å². The first-order valence-corrected chi connectivity index (χ1v) is 9.62. The van der Waals surface area contributed by atoms with Crippen molar-refractivity contribution >= 4 is 33.1 Å². The lowest BCUT2D eigenvalue weighted by Crippen LogP contribution is -3.12. The Morgan fingerprint density at radius 2 is 2.04 bits per heavy atom. The largest absolute Gasteiger partial charge is 0.370 e. The van der Waals surface area contributed by atoms with Crippen LogP contribution in [0.1, 0.15) is 16.3 Å². The van der Waals surface area contributed by atoms with Crippen molar-refractivity contribution in [1.29, 1.82) is 0 Å². The minimum Gasteiger partial charge on any atom is -0.370 e. The molecule has 1 aliphatic heterocycles. The van der Waals surface area contributed by atoms with Gasteiger partial charge in [0, 0.05) is 10.6 Å². The molecule has 0 amide bonds. The third-order valence-corrected chi connectivity index (χ3v) is 5.87. The molecule has 7 heteroatoms. The molecule has 1 aromatic carbocycles. The fraction of sp³-hybridized carbons (Fsp3) is 0.368. The normalized spacial score (nSPS) is 15.5. The number of anilines is 2. The highest BCUT2D eigenvalue weighted by Crippen LogP contribution is 2.34. The second-order valence-electron chi connectivity index (χ2n) is 6.63. The maximum Gasteiger partial charge on any atom is 0.187 e. The summed E-state index contributed by atoms with van der Waals surface area (Å²) in [5.41, 5.74) is 1.87. The zero-order chi connectivity index (χ0) is 18.1. The highest BCUT2D eigenvalue weighted by molar-refractivity contribution is 7.18. The van der Waals surface area contributed by atoms with Crippen molar-refractivity contribution in [2.24, 2.45) is 0 Å². The van der Waals surface area contributed by atoms with Crippen LogP contribution in [-0.4, -0.2) is 36.3 Å². The Hall–Kier alpha value is -2.09. The highest BCUT2D eigenvalue weighted by Gasteiger charge is 2.19. The van der Waals surface area contributed by atoms with Gasteiger partial charge in [-0.3, -0.25) is 0 Å². The van der Waals surface area contributed by atoms with Crippen LogP contribution in [0.5, 0.6) is 0 Å². The van der Waals surface area contributed by atoms with Gasteiger partial charge in [-0.1, -0.05) is 6.07 Å². The molecule has 0 aliphatic carbocycles. The van der Waals surface area contributed by atoms with Gasteiger partial charge in [-0.15, -0.1) is 11.3 Å². The predicted molar refractivity (Wildman–Crippen MR) is 102 cm³/mol. The number of quaternary nitrogens is 1. The molecule has 26 heavy (non-hydrogen) atoms. The molecule has 0 bridgehead atoms. The molecule has 5 nitrogen and oxygen atoms in total. The van der Waals surface area contributed by atoms with E-state index in [4.69, 9.17) is 14.7 Å². The van der Waals surface area contributed by atoms with Gasteiger partial charge in [-0.25, -0.2) is 14.4 Å². The number of nitrogens with zero attached hydrogens (tertiary/aromatic N) is 2. The molecule has 2 aromatic heterocycles. The Bertz CT molecular complexity index is 937. The van der Waals surface area contributed by atoms with E-state index >= 15 is 0 Å². The van der Waals surface area contributed by atoms with Gasteiger partial charge in [-0.05, 0) is 37.6 Å². The molecule has 1 fully saturated rings. The average molecular weight is 373 g/mol. The van der Waals surface area contributed by atoms with Gasteiger partial charge in [0.05, 0.1) is 18.6 Å². The minimum absolute atomic E-state index is 0.267. The summed E-state index contributed by atoms with van der Waals surface area (Å²) in [6.07, 6.45) is 0. The maximum absolute atomic E-state index is 13.6. The Morgan fingerprint density at radius 1 is 1.23 bits per heavy atom. The van der Waals surface area contributed by atoms with Gasteiger partial charge >= 0.3 is 0 Å². The smallest absolute Gasteiger partial charge is 0.187 e. The van der Waals surface area contributed by atoms with Gasteiger partial charge in [0.15, 0.2) is 5.82 Å². The van der Waals surface area contributed by atoms with Crippen molar-refractivity contribution in [3.8, 4) is 0 Å². The van der Waals surface area contributed by atoms with Crippen molar-refractivity contribution in [2.75, 3.05) is 31.6 Å². The number of ether oxygens (including phenoxy) is 1. The number of rotatable bonds is 4. The Morgan fingerprint density at radius 3 is 2.81 bits per heavy atom. The lowest BCUT2D eigenvalue weighted by atomic mass is 10.2. The van der Waals surface area contributed by atoms with Gasteiger partial charge in [-0.2, -0.15) is 0 Å². The van der Waals surface area contributed by atoms with Gasteiger partial charge in [0.1, 0.15) is 36.1 Å². The van der Waals surface area contributed by atoms with E-state index in [1.54, 1.807) is 17.4 Å². The first kappa shape index (κ1) is 17.3. The van der Waals surface area contributed by atoms with Gasteiger partial charge in [0.2, 0.25) is 0 Å². The molecule has 3 aromatic rings. The molecule has 4 rings (SSSR count). The quantitative estimate of drug-likeness (QED) is 0.738. The summed E-state index contributed by atoms with van der Waals surface area (Å²) < 4.78 is 19.0. The standard InChI is InChI=1S/C19H21FN4OS/c1-12-13(2)26-19-17(12)18(21-15-5-3-4-14(20)10-15)22-16(23-19)11-24-6-8-25-9-7-24/h3-5,10H,6-9,11H2,1-2H3,(H,21,22,23)/p+1. The summed E-state index contributed by atoms with van der Waals surface area (Å²) in [5, 5.41) is 4.33. The molecular formula is C19H22FN4OS+. The third kappa shape index (κ3) is 3.56. The van der Waals surface area contributed by atoms with E-state index in [0.717, 1.165) is 54.7 Å². The van der Waals surface area contributed by atoms with Crippen molar-refractivity contribution in [2.45, 2.75) is 20.4 Å². The first-order valence-electron chi connectivity index (χ1n) is 8.80. The average Bonchev–Trinajstić information content (AvgIpc) is 2.90. The molecule has 1 aliphatic rings. The number of halogens is 1. The zero-order valence-corrected chi connectivity index (χ0v) is 15.8. The Balaban J connectivity index is 1.72. The van der Waals surface area contributed by atoms with E-state index in [2.05, 4.69) is 19.2 Å². The lowest BCUT2D eigenvalue weighted by Gasteiger charge is -2.23. The number of aryl methyl sites for hydroxylation is 2. The summed E-state index contributed by atoms with van der Waals surface area (Å²) in [6.45, 7) is 8.45. The van der Waals surface area contributed by atoms with E-state index in [1.165, 1.54) is 27.5 Å². The van der Waals surface area contributed by atoms with Crippen molar-refractivity contribution in [1.82, 2.24) is 9.97 Å². The molecule has 1 saturated heterocycles. The van der Waals surface area contributed by atoms with Crippen molar-refractivity contribution in [3.05, 3.63) is 46.3 Å². The Kier molecular flexibility index (Phi) is 4.84. The van der Waals surface area contributed by atoms with Gasteiger partial charge < -0.3 is 15.0 Å². The van der Waals surface area contributed by atoms with E-state index < -0.39 is 0 Å². The molecular weight excluding hydrogens is 351 g/mol. The van der Waals surface area contributed by atoms with Crippen LogP contribution in [-0.2, 0) is 11.3 Å². The number of aromatic nitrogens is 2. The second-order valence-corrected chi connectivity index (χ2v) is 7.83. The van der Waals surface area contributed by atoms with Crippen LogP contribution in [0.2, 0.25) is 0 Å². The topological polar surface area (TPSA) is 51.5 Å². The summed E-state index contributed by atoms with van der Waals surface area (Å²) >= 11 is 1.68. The summed E-state index contributed by atoms with van der Waals surface area (Å²) in [7, 11) is 0. The number of hydrogen-bond donors (Lipinski definition) is 2. The fourth-order valence-electron chi connectivity index (χ4n) is 3.23. The SMILES string of the molecule is Cc1sc2nc(C[NH+]3CCOCC3)nc(Nc3cccc(F)c3)c2c1C. The molecule has 136 valence electrons. The number of fused-ring (bicyclic) bond motifs is 1. The second kappa shape index (κ2) is 7.26. The van der Waals surface area contributed by atoms with Crippen LogP contribution in [0.4, 0.5) is 15.9 Å². The van der Waals surface area contributed by atoms with Gasteiger partial charge in [0.25, 0.3) is 0 Å². The monoisotopic (exact) mass is 373 g/mol. The first-order chi connectivity index (χ1) is 12.6. The number of hydrogen-bond acceptors (Lipinski definition) is 5. The highest BCUT2D eigenvalue weighted by atomic mass is 32.1. The summed E-state index contributed by atoms with van der Waals surface area (Å²) in [5.74, 6) is 1.30. The van der Waals surface area contributed by atoms with Crippen LogP contribution in [0.3, 0.4) is 0 Å². The summed E-state index contributed by atoms with van der Waals surface area (Å²) in [6, 6.07) is 6.46. The molecule has 0 unspecified atom stereocenters.